The first-order chi connectivity index (χ1) is 9.22. The molecule has 0 aliphatic heterocycles. The Kier molecular flexibility index (Phi) is 4.50. The van der Waals surface area contributed by atoms with Crippen LogP contribution in [0.15, 0.2) is 36.7 Å². The molecule has 0 fully saturated rings. The zero-order chi connectivity index (χ0) is 13.7. The molecule has 0 amide bonds. The van der Waals surface area contributed by atoms with E-state index in [0.29, 0.717) is 5.92 Å². The second-order valence-corrected chi connectivity index (χ2v) is 4.96. The van der Waals surface area contributed by atoms with Crippen LogP contribution in [0.4, 0.5) is 5.82 Å². The lowest BCUT2D eigenvalue weighted by Crippen LogP contribution is -2.04. The van der Waals surface area contributed by atoms with Gasteiger partial charge in [-0.25, -0.2) is 4.98 Å². The Bertz CT molecular complexity index is 518. The van der Waals surface area contributed by atoms with Crippen molar-refractivity contribution in [3.63, 3.8) is 0 Å². The molecule has 2 aromatic rings. The van der Waals surface area contributed by atoms with E-state index in [9.17, 15) is 0 Å². The van der Waals surface area contributed by atoms with Gasteiger partial charge in [-0.05, 0) is 17.9 Å². The van der Waals surface area contributed by atoms with Crippen LogP contribution in [-0.4, -0.2) is 16.5 Å². The topological polar surface area (TPSA) is 37.8 Å². The molecule has 0 aliphatic carbocycles. The van der Waals surface area contributed by atoms with Crippen molar-refractivity contribution in [3.05, 3.63) is 42.2 Å². The molecule has 0 saturated carbocycles. The Labute approximate surface area is 115 Å². The van der Waals surface area contributed by atoms with Gasteiger partial charge in [0.25, 0.3) is 0 Å². The van der Waals surface area contributed by atoms with Crippen LogP contribution >= 0.6 is 0 Å². The minimum atomic E-state index is 0.550. The van der Waals surface area contributed by atoms with Gasteiger partial charge in [0.1, 0.15) is 5.69 Å². The van der Waals surface area contributed by atoms with Crippen LogP contribution in [0, 0.1) is 0 Å². The normalized spacial score (nSPS) is 10.7. The lowest BCUT2D eigenvalue weighted by Gasteiger charge is -2.10. The lowest BCUT2D eigenvalue weighted by molar-refractivity contribution is 0.867. The van der Waals surface area contributed by atoms with Gasteiger partial charge in [0.15, 0.2) is 5.82 Å². The first-order valence-electron chi connectivity index (χ1n) is 6.87. The molecular weight excluding hydrogens is 234 g/mol. The third-order valence-electron chi connectivity index (χ3n) is 3.09. The molecule has 1 aromatic heterocycles. The first kappa shape index (κ1) is 13.5. The molecule has 1 heterocycles. The average molecular weight is 255 g/mol. The van der Waals surface area contributed by atoms with Gasteiger partial charge in [0, 0.05) is 24.5 Å². The standard InChI is InChI=1S/C16H21N3/c1-4-9-18-16-15(17-10-11-19-16)14-7-5-13(6-8-14)12(2)3/h5-8,10-12H,4,9H2,1-3H3,(H,18,19). The minimum Gasteiger partial charge on any atom is -0.368 e. The monoisotopic (exact) mass is 255 g/mol. The summed E-state index contributed by atoms with van der Waals surface area (Å²) in [7, 11) is 0. The SMILES string of the molecule is CCCNc1nccnc1-c1ccc(C(C)C)cc1. The van der Waals surface area contributed by atoms with Gasteiger partial charge >= 0.3 is 0 Å². The number of aromatic nitrogens is 2. The Morgan fingerprint density at radius 2 is 1.74 bits per heavy atom. The van der Waals surface area contributed by atoms with Crippen molar-refractivity contribution in [3.8, 4) is 11.3 Å². The van der Waals surface area contributed by atoms with Crippen molar-refractivity contribution in [2.75, 3.05) is 11.9 Å². The molecule has 0 aliphatic rings. The third kappa shape index (κ3) is 3.31. The molecule has 19 heavy (non-hydrogen) atoms. The summed E-state index contributed by atoms with van der Waals surface area (Å²) in [5.41, 5.74) is 3.37. The van der Waals surface area contributed by atoms with Crippen LogP contribution in [0.25, 0.3) is 11.3 Å². The molecule has 0 radical (unpaired) electrons. The fourth-order valence-corrected chi connectivity index (χ4v) is 1.95. The summed E-state index contributed by atoms with van der Waals surface area (Å²) in [4.78, 5) is 8.83. The molecule has 0 spiro atoms. The van der Waals surface area contributed by atoms with Gasteiger partial charge < -0.3 is 5.32 Å². The molecule has 2 rings (SSSR count). The van der Waals surface area contributed by atoms with E-state index in [1.807, 2.05) is 0 Å². The zero-order valence-corrected chi connectivity index (χ0v) is 11.9. The van der Waals surface area contributed by atoms with Crippen LogP contribution < -0.4 is 5.32 Å². The molecular formula is C16H21N3. The molecule has 100 valence electrons. The van der Waals surface area contributed by atoms with E-state index >= 15 is 0 Å². The molecule has 0 atom stereocenters. The molecule has 3 heteroatoms. The van der Waals surface area contributed by atoms with Gasteiger partial charge in [-0.15, -0.1) is 0 Å². The van der Waals surface area contributed by atoms with E-state index in [4.69, 9.17) is 0 Å². The number of rotatable bonds is 5. The van der Waals surface area contributed by atoms with Gasteiger partial charge in [0.2, 0.25) is 0 Å². The van der Waals surface area contributed by atoms with Crippen molar-refractivity contribution >= 4 is 5.82 Å². The summed E-state index contributed by atoms with van der Waals surface area (Å²) >= 11 is 0. The molecule has 0 unspecified atom stereocenters. The quantitative estimate of drug-likeness (QED) is 0.874. The summed E-state index contributed by atoms with van der Waals surface area (Å²) in [6.07, 6.45) is 4.54. The molecule has 0 saturated heterocycles. The van der Waals surface area contributed by atoms with Crippen LogP contribution in [0.5, 0.6) is 0 Å². The smallest absolute Gasteiger partial charge is 0.152 e. The van der Waals surface area contributed by atoms with Crippen molar-refractivity contribution in [1.82, 2.24) is 9.97 Å². The Morgan fingerprint density at radius 1 is 1.05 bits per heavy atom. The van der Waals surface area contributed by atoms with Gasteiger partial charge in [-0.2, -0.15) is 0 Å². The van der Waals surface area contributed by atoms with Crippen molar-refractivity contribution < 1.29 is 0 Å². The second-order valence-electron chi connectivity index (χ2n) is 4.96. The molecule has 1 aromatic carbocycles. The highest BCUT2D eigenvalue weighted by Crippen LogP contribution is 2.25. The van der Waals surface area contributed by atoms with Crippen LogP contribution in [0.2, 0.25) is 0 Å². The summed E-state index contributed by atoms with van der Waals surface area (Å²) < 4.78 is 0. The number of benzene rings is 1. The zero-order valence-electron chi connectivity index (χ0n) is 11.9. The second kappa shape index (κ2) is 6.32. The number of anilines is 1. The highest BCUT2D eigenvalue weighted by molar-refractivity contribution is 5.71. The number of hydrogen-bond acceptors (Lipinski definition) is 3. The Balaban J connectivity index is 2.30. The summed E-state index contributed by atoms with van der Waals surface area (Å²) in [6.45, 7) is 7.45. The maximum atomic E-state index is 4.45. The van der Waals surface area contributed by atoms with Crippen molar-refractivity contribution in [1.29, 1.82) is 0 Å². The van der Waals surface area contributed by atoms with E-state index in [2.05, 4.69) is 60.3 Å². The number of nitrogens with zero attached hydrogens (tertiary/aromatic N) is 2. The van der Waals surface area contributed by atoms with E-state index in [-0.39, 0.29) is 0 Å². The van der Waals surface area contributed by atoms with Gasteiger partial charge in [-0.3, -0.25) is 4.98 Å². The maximum absolute atomic E-state index is 4.45. The van der Waals surface area contributed by atoms with Gasteiger partial charge in [0.05, 0.1) is 0 Å². The Morgan fingerprint density at radius 3 is 2.37 bits per heavy atom. The molecule has 1 N–H and O–H groups in total. The minimum absolute atomic E-state index is 0.550. The summed E-state index contributed by atoms with van der Waals surface area (Å²) in [5.74, 6) is 1.41. The highest BCUT2D eigenvalue weighted by atomic mass is 15.0. The largest absolute Gasteiger partial charge is 0.368 e. The van der Waals surface area contributed by atoms with Crippen LogP contribution in [0.1, 0.15) is 38.7 Å². The third-order valence-corrected chi connectivity index (χ3v) is 3.09. The first-order valence-corrected chi connectivity index (χ1v) is 6.87. The highest BCUT2D eigenvalue weighted by Gasteiger charge is 2.07. The fourth-order valence-electron chi connectivity index (χ4n) is 1.95. The van der Waals surface area contributed by atoms with Crippen molar-refractivity contribution in [2.45, 2.75) is 33.1 Å². The predicted molar refractivity (Wildman–Crippen MR) is 80.3 cm³/mol. The summed E-state index contributed by atoms with van der Waals surface area (Å²) in [6, 6.07) is 8.57. The van der Waals surface area contributed by atoms with E-state index in [0.717, 1.165) is 30.0 Å². The average Bonchev–Trinajstić information content (AvgIpc) is 2.45. The fraction of sp³-hybridized carbons (Fsp3) is 0.375. The summed E-state index contributed by atoms with van der Waals surface area (Å²) in [5, 5.41) is 3.33. The molecule has 0 bridgehead atoms. The number of nitrogens with one attached hydrogen (secondary N) is 1. The van der Waals surface area contributed by atoms with Crippen LogP contribution in [-0.2, 0) is 0 Å². The van der Waals surface area contributed by atoms with E-state index in [1.165, 1.54) is 5.56 Å². The Hall–Kier alpha value is -1.90. The van der Waals surface area contributed by atoms with Crippen molar-refractivity contribution in [2.24, 2.45) is 0 Å². The lowest BCUT2D eigenvalue weighted by atomic mass is 10.0. The maximum Gasteiger partial charge on any atom is 0.152 e. The number of hydrogen-bond donors (Lipinski definition) is 1. The van der Waals surface area contributed by atoms with Crippen LogP contribution in [0.3, 0.4) is 0 Å². The van der Waals surface area contributed by atoms with E-state index in [1.54, 1.807) is 12.4 Å². The van der Waals surface area contributed by atoms with Gasteiger partial charge in [-0.1, -0.05) is 45.0 Å². The van der Waals surface area contributed by atoms with E-state index < -0.39 is 0 Å². The predicted octanol–water partition coefficient (Wildman–Crippen LogP) is 4.09. The molecule has 3 nitrogen and oxygen atoms in total.